The summed E-state index contributed by atoms with van der Waals surface area (Å²) in [5.74, 6) is 0.841. The first kappa shape index (κ1) is 21.1. The van der Waals surface area contributed by atoms with Gasteiger partial charge in [0.15, 0.2) is 5.96 Å². The van der Waals surface area contributed by atoms with E-state index < -0.39 is 0 Å². The third-order valence-electron chi connectivity index (χ3n) is 5.47. The van der Waals surface area contributed by atoms with E-state index in [9.17, 15) is 9.59 Å². The van der Waals surface area contributed by atoms with Crippen molar-refractivity contribution in [2.45, 2.75) is 64.5 Å². The first-order valence-electron chi connectivity index (χ1n) is 10.9. The monoisotopic (exact) mass is 399 g/mol. The molecule has 0 aromatic heterocycles. The zero-order valence-corrected chi connectivity index (χ0v) is 17.4. The number of rotatable bonds is 7. The van der Waals surface area contributed by atoms with Crippen LogP contribution in [0.5, 0.6) is 0 Å². The Balaban J connectivity index is 1.49. The Morgan fingerprint density at radius 3 is 2.52 bits per heavy atom. The molecule has 1 aliphatic heterocycles. The third kappa shape index (κ3) is 6.48. The van der Waals surface area contributed by atoms with Gasteiger partial charge in [0.1, 0.15) is 0 Å². The average Bonchev–Trinajstić information content (AvgIpc) is 3.17. The molecule has 3 rings (SSSR count). The smallest absolute Gasteiger partial charge is 0.239 e. The predicted molar refractivity (Wildman–Crippen MR) is 116 cm³/mol. The largest absolute Gasteiger partial charge is 0.357 e. The SMILES string of the molecule is CCNC(=NCc1ccc(N2CCCC2=O)cc1)NCC(=O)NC1CCCCC1. The van der Waals surface area contributed by atoms with Crippen molar-refractivity contribution in [3.63, 3.8) is 0 Å². The fraction of sp³-hybridized carbons (Fsp3) is 0.591. The lowest BCUT2D eigenvalue weighted by atomic mass is 9.95. The molecular weight excluding hydrogens is 366 g/mol. The fourth-order valence-electron chi connectivity index (χ4n) is 3.90. The van der Waals surface area contributed by atoms with Crippen molar-refractivity contribution in [1.82, 2.24) is 16.0 Å². The van der Waals surface area contributed by atoms with Crippen LogP contribution in [0.4, 0.5) is 5.69 Å². The lowest BCUT2D eigenvalue weighted by Gasteiger charge is -2.23. The number of anilines is 1. The first-order chi connectivity index (χ1) is 14.2. The fourth-order valence-corrected chi connectivity index (χ4v) is 3.90. The van der Waals surface area contributed by atoms with Crippen LogP contribution in [0, 0.1) is 0 Å². The van der Waals surface area contributed by atoms with E-state index >= 15 is 0 Å². The predicted octanol–water partition coefficient (Wildman–Crippen LogP) is 2.32. The van der Waals surface area contributed by atoms with Gasteiger partial charge in [-0.1, -0.05) is 31.4 Å². The number of nitrogens with one attached hydrogen (secondary N) is 3. The minimum atomic E-state index is 0.0159. The summed E-state index contributed by atoms with van der Waals surface area (Å²) in [6.45, 7) is 4.26. The second-order valence-electron chi connectivity index (χ2n) is 7.77. The van der Waals surface area contributed by atoms with Crippen LogP contribution in [-0.4, -0.2) is 43.5 Å². The maximum Gasteiger partial charge on any atom is 0.239 e. The van der Waals surface area contributed by atoms with Crippen molar-refractivity contribution in [3.8, 4) is 0 Å². The van der Waals surface area contributed by atoms with E-state index in [0.29, 0.717) is 25.0 Å². The van der Waals surface area contributed by atoms with E-state index in [2.05, 4.69) is 20.9 Å². The molecule has 7 nitrogen and oxygen atoms in total. The summed E-state index contributed by atoms with van der Waals surface area (Å²) >= 11 is 0. The molecule has 1 saturated carbocycles. The maximum atomic E-state index is 12.2. The zero-order valence-electron chi connectivity index (χ0n) is 17.4. The Hall–Kier alpha value is -2.57. The molecule has 0 bridgehead atoms. The van der Waals surface area contributed by atoms with Gasteiger partial charge < -0.3 is 20.9 Å². The van der Waals surface area contributed by atoms with Gasteiger partial charge in [0, 0.05) is 31.2 Å². The molecule has 0 unspecified atom stereocenters. The summed E-state index contributed by atoms with van der Waals surface area (Å²) < 4.78 is 0. The van der Waals surface area contributed by atoms with Crippen LogP contribution >= 0.6 is 0 Å². The summed E-state index contributed by atoms with van der Waals surface area (Å²) in [7, 11) is 0. The van der Waals surface area contributed by atoms with E-state index in [1.165, 1.54) is 19.3 Å². The van der Waals surface area contributed by atoms with Crippen LogP contribution in [0.1, 0.15) is 57.4 Å². The van der Waals surface area contributed by atoms with E-state index in [4.69, 9.17) is 0 Å². The van der Waals surface area contributed by atoms with Crippen molar-refractivity contribution < 1.29 is 9.59 Å². The molecule has 158 valence electrons. The summed E-state index contributed by atoms with van der Waals surface area (Å²) in [6.07, 6.45) is 7.41. The Morgan fingerprint density at radius 1 is 1.10 bits per heavy atom. The molecular formula is C22H33N5O2. The Bertz CT molecular complexity index is 710. The van der Waals surface area contributed by atoms with Crippen molar-refractivity contribution >= 4 is 23.5 Å². The van der Waals surface area contributed by atoms with Crippen molar-refractivity contribution in [2.75, 3.05) is 24.5 Å². The maximum absolute atomic E-state index is 12.2. The number of guanidine groups is 1. The highest BCUT2D eigenvalue weighted by molar-refractivity contribution is 5.95. The number of aliphatic imine (C=N–C) groups is 1. The van der Waals surface area contributed by atoms with Crippen LogP contribution in [0.25, 0.3) is 0 Å². The second kappa shape index (κ2) is 10.8. The summed E-state index contributed by atoms with van der Waals surface area (Å²) in [5, 5.41) is 9.41. The van der Waals surface area contributed by atoms with E-state index in [1.807, 2.05) is 36.1 Å². The molecule has 2 amide bonds. The Morgan fingerprint density at radius 2 is 1.86 bits per heavy atom. The number of hydrogen-bond acceptors (Lipinski definition) is 3. The molecule has 1 heterocycles. The van der Waals surface area contributed by atoms with Crippen LogP contribution in [0.2, 0.25) is 0 Å². The van der Waals surface area contributed by atoms with Crippen molar-refractivity contribution in [3.05, 3.63) is 29.8 Å². The molecule has 7 heteroatoms. The number of carbonyl (C=O) groups excluding carboxylic acids is 2. The van der Waals surface area contributed by atoms with Crippen molar-refractivity contribution in [2.24, 2.45) is 4.99 Å². The van der Waals surface area contributed by atoms with Crippen LogP contribution in [-0.2, 0) is 16.1 Å². The molecule has 1 aromatic carbocycles. The van der Waals surface area contributed by atoms with Crippen LogP contribution < -0.4 is 20.9 Å². The number of amides is 2. The van der Waals surface area contributed by atoms with Crippen LogP contribution in [0.3, 0.4) is 0 Å². The molecule has 0 spiro atoms. The topological polar surface area (TPSA) is 85.8 Å². The lowest BCUT2D eigenvalue weighted by Crippen LogP contribution is -2.46. The second-order valence-corrected chi connectivity index (χ2v) is 7.77. The van der Waals surface area contributed by atoms with Gasteiger partial charge >= 0.3 is 0 Å². The van der Waals surface area contributed by atoms with E-state index in [-0.39, 0.29) is 18.4 Å². The van der Waals surface area contributed by atoms with Gasteiger partial charge in [-0.3, -0.25) is 9.59 Å². The first-order valence-corrected chi connectivity index (χ1v) is 10.9. The van der Waals surface area contributed by atoms with Crippen molar-refractivity contribution in [1.29, 1.82) is 0 Å². The quantitative estimate of drug-likeness (QED) is 0.485. The normalized spacial score (nSPS) is 18.0. The van der Waals surface area contributed by atoms with E-state index in [0.717, 1.165) is 43.6 Å². The molecule has 0 atom stereocenters. The van der Waals surface area contributed by atoms with Gasteiger partial charge in [-0.15, -0.1) is 0 Å². The molecule has 0 radical (unpaired) electrons. The van der Waals surface area contributed by atoms with Gasteiger partial charge in [-0.2, -0.15) is 0 Å². The van der Waals surface area contributed by atoms with Gasteiger partial charge in [0.2, 0.25) is 11.8 Å². The lowest BCUT2D eigenvalue weighted by molar-refractivity contribution is -0.121. The number of hydrogen-bond donors (Lipinski definition) is 3. The molecule has 1 aliphatic carbocycles. The van der Waals surface area contributed by atoms with Crippen LogP contribution in [0.15, 0.2) is 29.3 Å². The number of benzene rings is 1. The summed E-state index contributed by atoms with van der Waals surface area (Å²) in [4.78, 5) is 30.5. The Labute approximate surface area is 173 Å². The number of nitrogens with zero attached hydrogens (tertiary/aromatic N) is 2. The number of carbonyl (C=O) groups is 2. The van der Waals surface area contributed by atoms with E-state index in [1.54, 1.807) is 0 Å². The zero-order chi connectivity index (χ0) is 20.5. The van der Waals surface area contributed by atoms with Gasteiger partial charge in [0.25, 0.3) is 0 Å². The molecule has 2 aliphatic rings. The Kier molecular flexibility index (Phi) is 7.90. The third-order valence-corrected chi connectivity index (χ3v) is 5.47. The molecule has 29 heavy (non-hydrogen) atoms. The molecule has 1 aromatic rings. The molecule has 1 saturated heterocycles. The van der Waals surface area contributed by atoms with Gasteiger partial charge in [-0.05, 0) is 43.9 Å². The minimum absolute atomic E-state index is 0.0159. The highest BCUT2D eigenvalue weighted by Gasteiger charge is 2.21. The van der Waals surface area contributed by atoms with Gasteiger partial charge in [0.05, 0.1) is 13.1 Å². The average molecular weight is 400 g/mol. The summed E-state index contributed by atoms with van der Waals surface area (Å²) in [6, 6.07) is 8.28. The molecule has 2 fully saturated rings. The highest BCUT2D eigenvalue weighted by atomic mass is 16.2. The standard InChI is InChI=1S/C22H33N5O2/c1-2-23-22(25-16-20(28)26-18-7-4-3-5-8-18)24-15-17-10-12-19(13-11-17)27-14-6-9-21(27)29/h10-13,18H,2-9,14-16H2,1H3,(H,26,28)(H2,23,24,25). The highest BCUT2D eigenvalue weighted by Crippen LogP contribution is 2.21. The molecule has 3 N–H and O–H groups in total. The summed E-state index contributed by atoms with van der Waals surface area (Å²) in [5.41, 5.74) is 2.01. The van der Waals surface area contributed by atoms with Gasteiger partial charge in [-0.25, -0.2) is 4.99 Å². The minimum Gasteiger partial charge on any atom is -0.357 e.